The Hall–Kier alpha value is -3.40. The van der Waals surface area contributed by atoms with E-state index in [9.17, 15) is 19.5 Å². The van der Waals surface area contributed by atoms with Crippen LogP contribution >= 0.6 is 0 Å². The van der Waals surface area contributed by atoms with Crippen molar-refractivity contribution in [1.29, 1.82) is 0 Å². The number of esters is 1. The molecule has 2 aliphatic rings. The maximum absolute atomic E-state index is 12.8. The lowest BCUT2D eigenvalue weighted by Gasteiger charge is -2.40. The second-order valence-electron chi connectivity index (χ2n) is 8.03. The number of benzene rings is 1. The number of fused-ring (bicyclic) bond motifs is 2. The van der Waals surface area contributed by atoms with Gasteiger partial charge in [0.25, 0.3) is 5.56 Å². The Kier molecular flexibility index (Phi) is 6.64. The fourth-order valence-corrected chi connectivity index (χ4v) is 4.23. The summed E-state index contributed by atoms with van der Waals surface area (Å²) in [4.78, 5) is 43.6. The molecule has 2 aliphatic heterocycles. The van der Waals surface area contributed by atoms with Crippen molar-refractivity contribution in [2.24, 2.45) is 0 Å². The molecule has 2 aromatic rings. The molecule has 3 heterocycles. The normalized spacial score (nSPS) is 17.2. The van der Waals surface area contributed by atoms with Crippen LogP contribution in [-0.2, 0) is 33.0 Å². The summed E-state index contributed by atoms with van der Waals surface area (Å²) in [5.74, 6) is -1.31. The predicted octanol–water partition coefficient (Wildman–Crippen LogP) is 2.17. The minimum atomic E-state index is -0.958. The quantitative estimate of drug-likeness (QED) is 0.694. The molecule has 1 fully saturated rings. The first kappa shape index (κ1) is 22.8. The van der Waals surface area contributed by atoms with Crippen molar-refractivity contribution >= 4 is 12.1 Å². The maximum Gasteiger partial charge on any atom is 0.410 e. The molecule has 0 atom stereocenters. The molecule has 33 heavy (non-hydrogen) atoms. The Morgan fingerprint density at radius 3 is 2.58 bits per heavy atom. The van der Waals surface area contributed by atoms with Gasteiger partial charge in [-0.3, -0.25) is 9.36 Å². The van der Waals surface area contributed by atoms with Crippen LogP contribution in [0.2, 0.25) is 0 Å². The molecule has 10 heteroatoms. The van der Waals surface area contributed by atoms with E-state index in [-0.39, 0.29) is 19.0 Å². The number of likely N-dealkylation sites (tertiary alicyclic amines) is 1. The Bertz CT molecular complexity index is 1080. The van der Waals surface area contributed by atoms with Gasteiger partial charge in [0.2, 0.25) is 5.75 Å². The Balaban J connectivity index is 1.54. The average molecular weight is 457 g/mol. The van der Waals surface area contributed by atoms with Gasteiger partial charge >= 0.3 is 12.1 Å². The van der Waals surface area contributed by atoms with Crippen LogP contribution in [-0.4, -0.2) is 57.9 Å². The number of carbonyl (C=O) groups is 2. The van der Waals surface area contributed by atoms with Gasteiger partial charge in [-0.25, -0.2) is 14.6 Å². The molecule has 1 aromatic heterocycles. The Morgan fingerprint density at radius 2 is 1.88 bits per heavy atom. The minimum absolute atomic E-state index is 0.0834. The zero-order valence-corrected chi connectivity index (χ0v) is 18.5. The van der Waals surface area contributed by atoms with Gasteiger partial charge in [0.15, 0.2) is 5.69 Å². The number of aromatic nitrogens is 2. The Labute approximate surface area is 190 Å². The first-order valence-corrected chi connectivity index (χ1v) is 11.1. The highest BCUT2D eigenvalue weighted by Crippen LogP contribution is 2.38. The molecule has 0 saturated carbocycles. The number of ether oxygens (including phenoxy) is 3. The molecule has 1 amide bonds. The van der Waals surface area contributed by atoms with Crippen molar-refractivity contribution in [2.75, 3.05) is 26.3 Å². The summed E-state index contributed by atoms with van der Waals surface area (Å²) in [5.41, 5.74) is -1.17. The highest BCUT2D eigenvalue weighted by atomic mass is 16.6. The van der Waals surface area contributed by atoms with Gasteiger partial charge in [-0.05, 0) is 18.9 Å². The largest absolute Gasteiger partial charge is 0.501 e. The van der Waals surface area contributed by atoms with Crippen molar-refractivity contribution in [3.8, 4) is 5.75 Å². The van der Waals surface area contributed by atoms with Crippen molar-refractivity contribution in [2.45, 2.75) is 44.9 Å². The van der Waals surface area contributed by atoms with Gasteiger partial charge in [-0.15, -0.1) is 0 Å². The molecule has 4 rings (SSSR count). The Morgan fingerprint density at radius 1 is 1.15 bits per heavy atom. The summed E-state index contributed by atoms with van der Waals surface area (Å²) in [6.07, 6.45) is 0.864. The van der Waals surface area contributed by atoms with E-state index in [2.05, 4.69) is 4.98 Å². The molecule has 0 aliphatic carbocycles. The van der Waals surface area contributed by atoms with E-state index in [0.717, 1.165) is 5.56 Å². The van der Waals surface area contributed by atoms with E-state index in [1.165, 1.54) is 4.57 Å². The third kappa shape index (κ3) is 4.56. The first-order chi connectivity index (χ1) is 15.9. The van der Waals surface area contributed by atoms with E-state index in [4.69, 9.17) is 14.2 Å². The summed E-state index contributed by atoms with van der Waals surface area (Å²) in [6.45, 7) is 3.25. The van der Waals surface area contributed by atoms with Crippen molar-refractivity contribution in [3.05, 3.63) is 57.8 Å². The van der Waals surface area contributed by atoms with Gasteiger partial charge in [-0.2, -0.15) is 0 Å². The molecule has 1 saturated heterocycles. The monoisotopic (exact) mass is 457 g/mol. The summed E-state index contributed by atoms with van der Waals surface area (Å²) in [5, 5.41) is 10.3. The van der Waals surface area contributed by atoms with Crippen LogP contribution in [0.3, 0.4) is 0 Å². The standard InChI is InChI=1S/C23H27N3O7/c1-2-31-20(29)17-18(27)19(28)26-11-6-14-33-23(21(26)24-17)9-12-25(13-10-23)22(30)32-15-16-7-4-3-5-8-16/h3-5,7-8,27H,2,6,9-15H2,1H3. The number of nitrogens with zero attached hydrogens (tertiary/aromatic N) is 3. The number of aromatic hydroxyl groups is 1. The van der Waals surface area contributed by atoms with Crippen LogP contribution in [0.15, 0.2) is 35.1 Å². The molecule has 1 aromatic carbocycles. The fourth-order valence-electron chi connectivity index (χ4n) is 4.23. The van der Waals surface area contributed by atoms with E-state index >= 15 is 0 Å². The summed E-state index contributed by atoms with van der Waals surface area (Å²) < 4.78 is 17.9. The second kappa shape index (κ2) is 9.62. The molecule has 0 bridgehead atoms. The van der Waals surface area contributed by atoms with E-state index < -0.39 is 34.7 Å². The van der Waals surface area contributed by atoms with Gasteiger partial charge in [0.05, 0.1) is 6.61 Å². The SMILES string of the molecule is CCOC(=O)c1nc2n(c(=O)c1O)CCCOC21CCN(C(=O)OCc2ccccc2)CC1. The molecular formula is C23H27N3O7. The molecule has 1 N–H and O–H groups in total. The summed E-state index contributed by atoms with van der Waals surface area (Å²) in [6, 6.07) is 9.42. The number of piperidine rings is 1. The van der Waals surface area contributed by atoms with Crippen molar-refractivity contribution in [1.82, 2.24) is 14.5 Å². The maximum atomic E-state index is 12.8. The number of amides is 1. The molecule has 10 nitrogen and oxygen atoms in total. The highest BCUT2D eigenvalue weighted by Gasteiger charge is 2.44. The number of carbonyl (C=O) groups excluding carboxylic acids is 2. The van der Waals surface area contributed by atoms with Crippen LogP contribution < -0.4 is 5.56 Å². The third-order valence-corrected chi connectivity index (χ3v) is 5.96. The number of hydrogen-bond acceptors (Lipinski definition) is 8. The lowest BCUT2D eigenvalue weighted by atomic mass is 9.89. The molecular weight excluding hydrogens is 430 g/mol. The average Bonchev–Trinajstić information content (AvgIpc) is 3.00. The van der Waals surface area contributed by atoms with Gasteiger partial charge < -0.3 is 24.2 Å². The fraction of sp³-hybridized carbons (Fsp3) is 0.478. The zero-order valence-electron chi connectivity index (χ0n) is 18.5. The minimum Gasteiger partial charge on any atom is -0.501 e. The second-order valence-corrected chi connectivity index (χ2v) is 8.03. The topological polar surface area (TPSA) is 120 Å². The van der Waals surface area contributed by atoms with Gasteiger partial charge in [-0.1, -0.05) is 30.3 Å². The summed E-state index contributed by atoms with van der Waals surface area (Å²) in [7, 11) is 0. The van der Waals surface area contributed by atoms with Crippen molar-refractivity contribution in [3.63, 3.8) is 0 Å². The summed E-state index contributed by atoms with van der Waals surface area (Å²) >= 11 is 0. The van der Waals surface area contributed by atoms with Gasteiger partial charge in [0.1, 0.15) is 18.0 Å². The van der Waals surface area contributed by atoms with E-state index in [1.807, 2.05) is 30.3 Å². The smallest absolute Gasteiger partial charge is 0.410 e. The van der Waals surface area contributed by atoms with E-state index in [1.54, 1.807) is 11.8 Å². The van der Waals surface area contributed by atoms with Crippen LogP contribution in [0.25, 0.3) is 0 Å². The van der Waals surface area contributed by atoms with E-state index in [0.29, 0.717) is 45.5 Å². The number of rotatable bonds is 4. The van der Waals surface area contributed by atoms with Crippen LogP contribution in [0.1, 0.15) is 48.1 Å². The first-order valence-electron chi connectivity index (χ1n) is 11.1. The van der Waals surface area contributed by atoms with Crippen molar-refractivity contribution < 1.29 is 28.9 Å². The van der Waals surface area contributed by atoms with Crippen LogP contribution in [0.5, 0.6) is 5.75 Å². The van der Waals surface area contributed by atoms with Crippen LogP contribution in [0.4, 0.5) is 4.79 Å². The molecule has 1 spiro atoms. The molecule has 0 unspecified atom stereocenters. The molecule has 176 valence electrons. The number of hydrogen-bond donors (Lipinski definition) is 1. The van der Waals surface area contributed by atoms with Crippen LogP contribution in [0, 0.1) is 0 Å². The molecule has 0 radical (unpaired) electrons. The third-order valence-electron chi connectivity index (χ3n) is 5.96. The van der Waals surface area contributed by atoms with Gasteiger partial charge in [0, 0.05) is 39.1 Å². The highest BCUT2D eigenvalue weighted by molar-refractivity contribution is 5.90. The lowest BCUT2D eigenvalue weighted by Crippen LogP contribution is -2.48. The zero-order chi connectivity index (χ0) is 23.4. The lowest BCUT2D eigenvalue weighted by molar-refractivity contribution is -0.0894. The predicted molar refractivity (Wildman–Crippen MR) is 116 cm³/mol.